The molecule has 1 N–H and O–H groups in total. The number of hydrogen-bond donors (Lipinski definition) is 1. The molecule has 4 fully saturated rings. The summed E-state index contributed by atoms with van der Waals surface area (Å²) in [6, 6.07) is 9.13. The molecule has 0 radical (unpaired) electrons. The molecule has 0 aromatic heterocycles. The summed E-state index contributed by atoms with van der Waals surface area (Å²) in [4.78, 5) is 24.5. The Morgan fingerprint density at radius 2 is 1.63 bits per heavy atom. The topological polar surface area (TPSA) is 85.2 Å². The quantitative estimate of drug-likeness (QED) is 0.262. The van der Waals surface area contributed by atoms with E-state index in [4.69, 9.17) is 14.7 Å². The molecule has 6 heteroatoms. The van der Waals surface area contributed by atoms with Crippen molar-refractivity contribution in [2.75, 3.05) is 6.61 Å². The summed E-state index contributed by atoms with van der Waals surface area (Å²) in [6.45, 7) is -0.228. The molecule has 0 spiro atoms. The van der Waals surface area contributed by atoms with Gasteiger partial charge in [-0.05, 0) is 61.8 Å². The van der Waals surface area contributed by atoms with Gasteiger partial charge in [0.05, 0.1) is 5.60 Å². The number of Topliss-reactive ketones (excluding diaryl/α,β-unsaturated/α-hetero) is 1. The summed E-state index contributed by atoms with van der Waals surface area (Å²) in [7, 11) is 0. The van der Waals surface area contributed by atoms with Gasteiger partial charge in [-0.1, -0.05) is 35.5 Å². The standard InChI is InChI=1S/C21H25NO5/c23-18(19(22-25)20(24)26-12-14-4-2-1-3-5-14)13-27-21-9-15-6-16(10-21)8-17(7-15)11-21/h1-5,15-17,25H,6-13H2/b22-19-. The first kappa shape index (κ1) is 18.2. The van der Waals surface area contributed by atoms with Gasteiger partial charge >= 0.3 is 5.97 Å². The lowest BCUT2D eigenvalue weighted by Crippen LogP contribution is -2.52. The van der Waals surface area contributed by atoms with Crippen molar-refractivity contribution in [3.8, 4) is 0 Å². The predicted octanol–water partition coefficient (Wildman–Crippen LogP) is 3.11. The molecule has 1 aromatic rings. The highest BCUT2D eigenvalue weighted by Crippen LogP contribution is 2.57. The third-order valence-corrected chi connectivity index (χ3v) is 6.26. The van der Waals surface area contributed by atoms with Crippen LogP contribution in [0.5, 0.6) is 0 Å². The zero-order chi connectivity index (χ0) is 18.9. The molecule has 6 nitrogen and oxygen atoms in total. The van der Waals surface area contributed by atoms with Crippen molar-refractivity contribution >= 4 is 17.5 Å². The number of ether oxygens (including phenoxy) is 2. The Morgan fingerprint density at radius 1 is 1.04 bits per heavy atom. The maximum atomic E-state index is 12.4. The Kier molecular flexibility index (Phi) is 5.00. The van der Waals surface area contributed by atoms with Crippen molar-refractivity contribution in [3.63, 3.8) is 0 Å². The van der Waals surface area contributed by atoms with E-state index in [9.17, 15) is 9.59 Å². The first-order valence-electron chi connectivity index (χ1n) is 9.67. The van der Waals surface area contributed by atoms with Crippen molar-refractivity contribution in [2.24, 2.45) is 22.9 Å². The Hall–Kier alpha value is -2.21. The SMILES string of the molecule is O=C(COC12CC3CC(CC(C3)C1)C2)/C(=N/O)C(=O)OCc1ccccc1. The van der Waals surface area contributed by atoms with E-state index in [1.54, 1.807) is 12.1 Å². The Balaban J connectivity index is 1.32. The summed E-state index contributed by atoms with van der Waals surface area (Å²) in [5, 5.41) is 12.0. The highest BCUT2D eigenvalue weighted by atomic mass is 16.5. The molecule has 1 aromatic carbocycles. The summed E-state index contributed by atoms with van der Waals surface area (Å²) < 4.78 is 11.1. The van der Waals surface area contributed by atoms with E-state index in [2.05, 4.69) is 5.16 Å². The summed E-state index contributed by atoms with van der Waals surface area (Å²) in [5.74, 6) is 0.543. The van der Waals surface area contributed by atoms with Crippen molar-refractivity contribution < 1.29 is 24.3 Å². The molecule has 144 valence electrons. The summed E-state index contributed by atoms with van der Waals surface area (Å²) in [6.07, 6.45) is 6.84. The third kappa shape index (κ3) is 3.90. The van der Waals surface area contributed by atoms with Crippen LogP contribution in [-0.2, 0) is 25.7 Å². The van der Waals surface area contributed by atoms with Gasteiger partial charge in [-0.3, -0.25) is 4.79 Å². The molecule has 0 saturated heterocycles. The molecule has 0 atom stereocenters. The smallest absolute Gasteiger partial charge is 0.364 e. The minimum atomic E-state index is -0.930. The zero-order valence-electron chi connectivity index (χ0n) is 15.3. The van der Waals surface area contributed by atoms with Gasteiger partial charge in [0.1, 0.15) is 13.2 Å². The predicted molar refractivity (Wildman–Crippen MR) is 97.3 cm³/mol. The van der Waals surface area contributed by atoms with Crippen LogP contribution in [0.15, 0.2) is 35.5 Å². The molecule has 4 saturated carbocycles. The van der Waals surface area contributed by atoms with Crippen LogP contribution in [0.25, 0.3) is 0 Å². The van der Waals surface area contributed by atoms with Gasteiger partial charge in [0.2, 0.25) is 11.5 Å². The van der Waals surface area contributed by atoms with Crippen LogP contribution in [0.1, 0.15) is 44.1 Å². The van der Waals surface area contributed by atoms with E-state index in [0.717, 1.165) is 24.8 Å². The second-order valence-electron chi connectivity index (χ2n) is 8.32. The molecule has 27 heavy (non-hydrogen) atoms. The van der Waals surface area contributed by atoms with Crippen LogP contribution in [0.2, 0.25) is 0 Å². The molecular weight excluding hydrogens is 346 g/mol. The van der Waals surface area contributed by atoms with Crippen molar-refractivity contribution in [1.29, 1.82) is 0 Å². The molecule has 4 bridgehead atoms. The first-order chi connectivity index (χ1) is 13.1. The largest absolute Gasteiger partial charge is 0.456 e. The van der Waals surface area contributed by atoms with Gasteiger partial charge in [0.25, 0.3) is 0 Å². The minimum absolute atomic E-state index is 0.0157. The summed E-state index contributed by atoms with van der Waals surface area (Å²) in [5.41, 5.74) is -0.0464. The fourth-order valence-electron chi connectivity index (χ4n) is 5.50. The second-order valence-corrected chi connectivity index (χ2v) is 8.32. The lowest BCUT2D eigenvalue weighted by molar-refractivity contribution is -0.166. The zero-order valence-corrected chi connectivity index (χ0v) is 15.3. The van der Waals surface area contributed by atoms with Crippen molar-refractivity contribution in [2.45, 2.75) is 50.7 Å². The number of esters is 1. The minimum Gasteiger partial charge on any atom is -0.456 e. The van der Waals surface area contributed by atoms with Crippen LogP contribution >= 0.6 is 0 Å². The fourth-order valence-corrected chi connectivity index (χ4v) is 5.50. The third-order valence-electron chi connectivity index (χ3n) is 6.26. The van der Waals surface area contributed by atoms with Gasteiger partial charge < -0.3 is 14.7 Å². The van der Waals surface area contributed by atoms with E-state index in [1.165, 1.54) is 19.3 Å². The number of nitrogens with zero attached hydrogens (tertiary/aromatic N) is 1. The van der Waals surface area contributed by atoms with E-state index in [-0.39, 0.29) is 18.8 Å². The molecule has 0 heterocycles. The number of rotatable bonds is 7. The highest BCUT2D eigenvalue weighted by molar-refractivity contribution is 6.64. The lowest BCUT2D eigenvalue weighted by Gasteiger charge is -2.56. The molecule has 4 aliphatic rings. The van der Waals surface area contributed by atoms with E-state index >= 15 is 0 Å². The van der Waals surface area contributed by atoms with Gasteiger partial charge in [0, 0.05) is 0 Å². The number of ketones is 1. The van der Waals surface area contributed by atoms with Crippen LogP contribution in [0.4, 0.5) is 0 Å². The number of oxime groups is 1. The summed E-state index contributed by atoms with van der Waals surface area (Å²) >= 11 is 0. The average Bonchev–Trinajstić information content (AvgIpc) is 2.65. The van der Waals surface area contributed by atoms with E-state index in [0.29, 0.717) is 17.8 Å². The monoisotopic (exact) mass is 371 g/mol. The second kappa shape index (κ2) is 7.43. The molecule has 4 aliphatic carbocycles. The Bertz CT molecular complexity index is 707. The van der Waals surface area contributed by atoms with Crippen LogP contribution in [-0.4, -0.2) is 34.9 Å². The molecule has 0 aliphatic heterocycles. The number of benzene rings is 1. The number of carbonyl (C=O) groups excluding carboxylic acids is 2. The Morgan fingerprint density at radius 3 is 2.19 bits per heavy atom. The molecule has 0 unspecified atom stereocenters. The van der Waals surface area contributed by atoms with Gasteiger partial charge in [-0.25, -0.2) is 4.79 Å². The number of hydrogen-bond acceptors (Lipinski definition) is 6. The van der Waals surface area contributed by atoms with Gasteiger partial charge in [-0.15, -0.1) is 0 Å². The average molecular weight is 371 g/mol. The van der Waals surface area contributed by atoms with Crippen molar-refractivity contribution in [1.82, 2.24) is 0 Å². The van der Waals surface area contributed by atoms with Gasteiger partial charge in [0.15, 0.2) is 0 Å². The van der Waals surface area contributed by atoms with Crippen molar-refractivity contribution in [3.05, 3.63) is 35.9 Å². The first-order valence-corrected chi connectivity index (χ1v) is 9.67. The van der Waals surface area contributed by atoms with E-state index < -0.39 is 17.5 Å². The van der Waals surface area contributed by atoms with Crippen LogP contribution < -0.4 is 0 Å². The Labute approximate surface area is 158 Å². The number of carbonyl (C=O) groups is 2. The maximum absolute atomic E-state index is 12.4. The van der Waals surface area contributed by atoms with E-state index in [1.807, 2.05) is 18.2 Å². The van der Waals surface area contributed by atoms with Crippen LogP contribution in [0, 0.1) is 17.8 Å². The highest BCUT2D eigenvalue weighted by Gasteiger charge is 2.52. The normalized spacial score (nSPS) is 31.7. The molecule has 5 rings (SSSR count). The van der Waals surface area contributed by atoms with Gasteiger partial charge in [-0.2, -0.15) is 0 Å². The molecular formula is C21H25NO5. The molecule has 0 amide bonds. The maximum Gasteiger partial charge on any atom is 0.364 e. The lowest BCUT2D eigenvalue weighted by atomic mass is 9.54. The fraction of sp³-hybridized carbons (Fsp3) is 0.571. The van der Waals surface area contributed by atoms with Crippen LogP contribution in [0.3, 0.4) is 0 Å².